The van der Waals surface area contributed by atoms with Gasteiger partial charge in [-0.15, -0.1) is 0 Å². The summed E-state index contributed by atoms with van der Waals surface area (Å²) in [5.74, 6) is 0.335. The third-order valence-electron chi connectivity index (χ3n) is 8.24. The SMILES string of the molecule is CC[C@H](CN(CC)C(=O)[C@@H](CCN1CCCCC1)NCCNC(=O)c1ccc2cc(Cl)ccc2c1)c1ccccc1. The fourth-order valence-corrected chi connectivity index (χ4v) is 5.93. The summed E-state index contributed by atoms with van der Waals surface area (Å²) in [7, 11) is 0. The van der Waals surface area contributed by atoms with Crippen LogP contribution in [0.25, 0.3) is 10.8 Å². The zero-order valence-electron chi connectivity index (χ0n) is 24.6. The van der Waals surface area contributed by atoms with E-state index in [1.165, 1.54) is 24.8 Å². The number of likely N-dealkylation sites (tertiary alicyclic amines) is 1. The third kappa shape index (κ3) is 9.03. The molecule has 0 radical (unpaired) electrons. The van der Waals surface area contributed by atoms with Crippen molar-refractivity contribution in [3.8, 4) is 0 Å². The van der Waals surface area contributed by atoms with E-state index in [2.05, 4.69) is 53.6 Å². The Morgan fingerprint density at radius 3 is 2.39 bits per heavy atom. The zero-order chi connectivity index (χ0) is 29.0. The Labute approximate surface area is 250 Å². The van der Waals surface area contributed by atoms with Gasteiger partial charge in [0.2, 0.25) is 5.91 Å². The summed E-state index contributed by atoms with van der Waals surface area (Å²) in [6.07, 6.45) is 5.50. The molecule has 6 nitrogen and oxygen atoms in total. The molecule has 0 aromatic heterocycles. The molecule has 2 N–H and O–H groups in total. The molecule has 0 bridgehead atoms. The summed E-state index contributed by atoms with van der Waals surface area (Å²) in [4.78, 5) is 31.2. The Hall–Kier alpha value is -2.93. The normalized spacial score (nSPS) is 15.4. The highest BCUT2D eigenvalue weighted by molar-refractivity contribution is 6.31. The second kappa shape index (κ2) is 15.9. The fourth-order valence-electron chi connectivity index (χ4n) is 5.75. The van der Waals surface area contributed by atoms with Gasteiger partial charge < -0.3 is 20.4 Å². The van der Waals surface area contributed by atoms with Crippen molar-refractivity contribution in [2.24, 2.45) is 0 Å². The van der Waals surface area contributed by atoms with E-state index in [0.717, 1.165) is 43.2 Å². The summed E-state index contributed by atoms with van der Waals surface area (Å²) >= 11 is 6.09. The van der Waals surface area contributed by atoms with E-state index < -0.39 is 0 Å². The van der Waals surface area contributed by atoms with Gasteiger partial charge in [-0.2, -0.15) is 0 Å². The van der Waals surface area contributed by atoms with Gasteiger partial charge in [0.15, 0.2) is 0 Å². The van der Waals surface area contributed by atoms with E-state index in [9.17, 15) is 9.59 Å². The monoisotopic (exact) mass is 576 g/mol. The maximum absolute atomic E-state index is 13.9. The quantitative estimate of drug-likeness (QED) is 0.228. The summed E-state index contributed by atoms with van der Waals surface area (Å²) in [5.41, 5.74) is 1.89. The van der Waals surface area contributed by atoms with Gasteiger partial charge in [0.25, 0.3) is 5.91 Å². The van der Waals surface area contributed by atoms with Crippen LogP contribution in [0.3, 0.4) is 0 Å². The maximum atomic E-state index is 13.9. The number of hydrogen-bond donors (Lipinski definition) is 2. The van der Waals surface area contributed by atoms with Crippen molar-refractivity contribution in [2.45, 2.75) is 57.9 Å². The smallest absolute Gasteiger partial charge is 0.251 e. The van der Waals surface area contributed by atoms with Crippen molar-refractivity contribution in [1.29, 1.82) is 0 Å². The second-order valence-electron chi connectivity index (χ2n) is 11.1. The number of hydrogen-bond acceptors (Lipinski definition) is 4. The third-order valence-corrected chi connectivity index (χ3v) is 8.48. The summed E-state index contributed by atoms with van der Waals surface area (Å²) < 4.78 is 0. The lowest BCUT2D eigenvalue weighted by atomic mass is 9.95. The minimum Gasteiger partial charge on any atom is -0.351 e. The molecule has 1 fully saturated rings. The van der Waals surface area contributed by atoms with E-state index >= 15 is 0 Å². The number of fused-ring (bicyclic) bond motifs is 1. The molecule has 3 aromatic rings. The predicted octanol–water partition coefficient (Wildman–Crippen LogP) is 6.10. The van der Waals surface area contributed by atoms with E-state index in [1.54, 1.807) is 0 Å². The Bertz CT molecular complexity index is 1260. The van der Waals surface area contributed by atoms with Crippen LogP contribution in [0.1, 0.15) is 67.8 Å². The van der Waals surface area contributed by atoms with Gasteiger partial charge >= 0.3 is 0 Å². The molecular weight excluding hydrogens is 532 g/mol. The molecule has 41 heavy (non-hydrogen) atoms. The molecule has 1 saturated heterocycles. The first-order chi connectivity index (χ1) is 20.0. The van der Waals surface area contributed by atoms with Gasteiger partial charge in [0, 0.05) is 49.2 Å². The second-order valence-corrected chi connectivity index (χ2v) is 11.5. The topological polar surface area (TPSA) is 64.7 Å². The number of carbonyl (C=O) groups is 2. The Morgan fingerprint density at radius 2 is 1.66 bits per heavy atom. The Kier molecular flexibility index (Phi) is 12.0. The largest absolute Gasteiger partial charge is 0.351 e. The number of carbonyl (C=O) groups excluding carboxylic acids is 2. The molecule has 2 atom stereocenters. The van der Waals surface area contributed by atoms with E-state index in [0.29, 0.717) is 42.7 Å². The highest BCUT2D eigenvalue weighted by Crippen LogP contribution is 2.22. The van der Waals surface area contributed by atoms with E-state index in [4.69, 9.17) is 11.6 Å². The first-order valence-electron chi connectivity index (χ1n) is 15.3. The van der Waals surface area contributed by atoms with E-state index in [-0.39, 0.29) is 17.9 Å². The van der Waals surface area contributed by atoms with Gasteiger partial charge in [-0.1, -0.05) is 67.4 Å². The lowest BCUT2D eigenvalue weighted by molar-refractivity contribution is -0.133. The lowest BCUT2D eigenvalue weighted by Gasteiger charge is -2.32. The minimum absolute atomic E-state index is 0.122. The zero-order valence-corrected chi connectivity index (χ0v) is 25.3. The highest BCUT2D eigenvalue weighted by atomic mass is 35.5. The van der Waals surface area contributed by atoms with Crippen LogP contribution in [-0.4, -0.2) is 73.5 Å². The number of amides is 2. The molecule has 220 valence electrons. The van der Waals surface area contributed by atoms with Crippen LogP contribution in [0.2, 0.25) is 5.02 Å². The summed E-state index contributed by atoms with van der Waals surface area (Å²) in [6.45, 7) is 9.73. The highest BCUT2D eigenvalue weighted by Gasteiger charge is 2.26. The number of benzene rings is 3. The van der Waals surface area contributed by atoms with Gasteiger partial charge in [0.1, 0.15) is 0 Å². The van der Waals surface area contributed by atoms with Crippen molar-refractivity contribution in [1.82, 2.24) is 20.4 Å². The average molecular weight is 577 g/mol. The Balaban J connectivity index is 1.36. The van der Waals surface area contributed by atoms with Crippen LogP contribution in [0.5, 0.6) is 0 Å². The van der Waals surface area contributed by atoms with Crippen molar-refractivity contribution in [3.05, 3.63) is 82.9 Å². The van der Waals surface area contributed by atoms with Gasteiger partial charge in [-0.25, -0.2) is 0 Å². The van der Waals surface area contributed by atoms with E-state index in [1.807, 2.05) is 47.4 Å². The maximum Gasteiger partial charge on any atom is 0.251 e. The molecule has 1 aliphatic rings. The molecule has 4 rings (SSSR count). The number of halogens is 1. The number of nitrogens with one attached hydrogen (secondary N) is 2. The molecule has 2 amide bonds. The first-order valence-corrected chi connectivity index (χ1v) is 15.6. The van der Waals surface area contributed by atoms with Crippen LogP contribution < -0.4 is 10.6 Å². The molecular formula is C34H45ClN4O2. The lowest BCUT2D eigenvalue weighted by Crippen LogP contribution is -2.50. The van der Waals surface area contributed by atoms with Crippen molar-refractivity contribution < 1.29 is 9.59 Å². The minimum atomic E-state index is -0.285. The average Bonchev–Trinajstić information content (AvgIpc) is 3.01. The predicted molar refractivity (Wildman–Crippen MR) is 170 cm³/mol. The van der Waals surface area contributed by atoms with Crippen LogP contribution in [0.15, 0.2) is 66.7 Å². The summed E-state index contributed by atoms with van der Waals surface area (Å²) in [5, 5.41) is 9.18. The molecule has 7 heteroatoms. The van der Waals surface area contributed by atoms with Crippen molar-refractivity contribution in [3.63, 3.8) is 0 Å². The molecule has 1 heterocycles. The molecule has 1 aliphatic heterocycles. The van der Waals surface area contributed by atoms with Crippen LogP contribution in [0, 0.1) is 0 Å². The van der Waals surface area contributed by atoms with Gasteiger partial charge in [-0.05, 0) is 86.3 Å². The van der Waals surface area contributed by atoms with Crippen LogP contribution in [-0.2, 0) is 4.79 Å². The number of nitrogens with zero attached hydrogens (tertiary/aromatic N) is 2. The molecule has 0 spiro atoms. The standard InChI is InChI=1S/C34H45ClN4O2/c1-3-26(27-11-7-5-8-12-27)25-39(4-2)34(41)32(17-22-38-20-9-6-10-21-38)36-18-19-37-33(40)30-14-13-29-24-31(35)16-15-28(29)23-30/h5,7-8,11-16,23-24,26,32,36H,3-4,6,9-10,17-22,25H2,1-2H3,(H,37,40)/t26-,32-/m1/s1. The number of rotatable bonds is 14. The molecule has 3 aromatic carbocycles. The number of likely N-dealkylation sites (N-methyl/N-ethyl adjacent to an activating group) is 1. The molecule has 0 unspecified atom stereocenters. The van der Waals surface area contributed by atoms with Crippen molar-refractivity contribution in [2.75, 3.05) is 45.8 Å². The van der Waals surface area contributed by atoms with Crippen molar-refractivity contribution >= 4 is 34.2 Å². The van der Waals surface area contributed by atoms with Crippen LogP contribution >= 0.6 is 11.6 Å². The first kappa shape index (κ1) is 31.0. The van der Waals surface area contributed by atoms with Gasteiger partial charge in [-0.3, -0.25) is 9.59 Å². The summed E-state index contributed by atoms with van der Waals surface area (Å²) in [6, 6.07) is 21.5. The number of piperidine rings is 1. The fraction of sp³-hybridized carbons (Fsp3) is 0.471. The van der Waals surface area contributed by atoms with Gasteiger partial charge in [0.05, 0.1) is 6.04 Å². The van der Waals surface area contributed by atoms with Crippen LogP contribution in [0.4, 0.5) is 0 Å². The molecule has 0 aliphatic carbocycles. The Morgan fingerprint density at radius 1 is 0.927 bits per heavy atom. The molecule has 0 saturated carbocycles.